The largest absolute Gasteiger partial charge is 0.495 e. The summed E-state index contributed by atoms with van der Waals surface area (Å²) in [6, 6.07) is 13.9. The maximum Gasteiger partial charge on any atom is 0.329 e. The van der Waals surface area contributed by atoms with Gasteiger partial charge < -0.3 is 10.5 Å². The lowest BCUT2D eigenvalue weighted by Crippen LogP contribution is -2.36. The lowest BCUT2D eigenvalue weighted by molar-refractivity contribution is 0.102. The number of aromatic amines is 1. The van der Waals surface area contributed by atoms with Gasteiger partial charge in [0.2, 0.25) is 0 Å². The number of aromatic nitrogens is 4. The molecule has 180 valence electrons. The molecule has 11 heteroatoms. The van der Waals surface area contributed by atoms with Crippen molar-refractivity contribution in [1.82, 2.24) is 19.1 Å². The average Bonchev–Trinajstić information content (AvgIpc) is 2.85. The second-order valence-electron chi connectivity index (χ2n) is 7.61. The molecule has 4 aromatic rings. The number of H-pyrrole nitrogens is 1. The van der Waals surface area contributed by atoms with Crippen LogP contribution in [0.3, 0.4) is 0 Å². The number of methoxy groups -OCH3 is 1. The lowest BCUT2D eigenvalue weighted by atomic mass is 10.2. The zero-order valence-electron chi connectivity index (χ0n) is 19.1. The molecule has 0 amide bonds. The Kier molecular flexibility index (Phi) is 6.87. The molecule has 0 aliphatic rings. The number of nitrogens with two attached hydrogens (primary N) is 1. The van der Waals surface area contributed by atoms with Crippen LogP contribution < -0.4 is 27.3 Å². The second-order valence-corrected chi connectivity index (χ2v) is 8.55. The van der Waals surface area contributed by atoms with Gasteiger partial charge in [0, 0.05) is 6.54 Å². The van der Waals surface area contributed by atoms with Gasteiger partial charge in [-0.1, -0.05) is 43.0 Å². The number of para-hydroxylation sites is 3. The SMILES string of the molecule is CCCn1c(N)c(C(=O)CSc2nc3ccccc3c(=O)n2-c2ccccc2OC)c(=O)[nH]c1=O. The van der Waals surface area contributed by atoms with Gasteiger partial charge in [0.25, 0.3) is 11.1 Å². The first-order chi connectivity index (χ1) is 16.9. The number of nitrogen functional groups attached to an aromatic ring is 1. The van der Waals surface area contributed by atoms with E-state index >= 15 is 0 Å². The molecule has 0 radical (unpaired) electrons. The molecule has 2 aromatic heterocycles. The van der Waals surface area contributed by atoms with Crippen LogP contribution in [-0.4, -0.2) is 37.7 Å². The van der Waals surface area contributed by atoms with Gasteiger partial charge >= 0.3 is 5.69 Å². The Morgan fingerprint density at radius 3 is 2.57 bits per heavy atom. The first-order valence-corrected chi connectivity index (χ1v) is 11.8. The van der Waals surface area contributed by atoms with E-state index in [1.807, 2.05) is 6.92 Å². The Morgan fingerprint density at radius 1 is 1.11 bits per heavy atom. The van der Waals surface area contributed by atoms with Crippen LogP contribution in [0.4, 0.5) is 5.82 Å². The van der Waals surface area contributed by atoms with Crippen molar-refractivity contribution >= 4 is 34.3 Å². The Bertz CT molecular complexity index is 1600. The molecular weight excluding hydrogens is 470 g/mol. The number of carbonyl (C=O) groups excluding carboxylic acids is 1. The maximum atomic E-state index is 13.5. The Morgan fingerprint density at radius 2 is 1.83 bits per heavy atom. The average molecular weight is 494 g/mol. The number of benzene rings is 2. The first kappa shape index (κ1) is 24.0. The highest BCUT2D eigenvalue weighted by Gasteiger charge is 2.22. The number of thioether (sulfide) groups is 1. The van der Waals surface area contributed by atoms with Crippen molar-refractivity contribution in [2.45, 2.75) is 25.0 Å². The van der Waals surface area contributed by atoms with Gasteiger partial charge in [0.15, 0.2) is 10.9 Å². The zero-order valence-corrected chi connectivity index (χ0v) is 19.9. The van der Waals surface area contributed by atoms with Crippen molar-refractivity contribution in [2.75, 3.05) is 18.6 Å². The molecule has 0 aliphatic heterocycles. The van der Waals surface area contributed by atoms with Gasteiger partial charge in [0.05, 0.1) is 29.5 Å². The minimum atomic E-state index is -0.848. The number of rotatable bonds is 8. The third-order valence-electron chi connectivity index (χ3n) is 5.37. The van der Waals surface area contributed by atoms with Crippen LogP contribution in [0.15, 0.2) is 68.1 Å². The molecule has 0 bridgehead atoms. The summed E-state index contributed by atoms with van der Waals surface area (Å²) in [5, 5.41) is 0.643. The highest BCUT2D eigenvalue weighted by molar-refractivity contribution is 7.99. The minimum Gasteiger partial charge on any atom is -0.495 e. The normalized spacial score (nSPS) is 11.0. The number of nitrogens with zero attached hydrogens (tertiary/aromatic N) is 3. The molecule has 3 N–H and O–H groups in total. The molecule has 0 atom stereocenters. The quantitative estimate of drug-likeness (QED) is 0.216. The van der Waals surface area contributed by atoms with Crippen LogP contribution in [0.25, 0.3) is 16.6 Å². The molecule has 0 aliphatic carbocycles. The summed E-state index contributed by atoms with van der Waals surface area (Å²) in [5.41, 5.74) is 4.81. The molecule has 4 rings (SSSR count). The topological polar surface area (TPSA) is 142 Å². The van der Waals surface area contributed by atoms with Crippen LogP contribution in [0.1, 0.15) is 23.7 Å². The number of fused-ring (bicyclic) bond motifs is 1. The summed E-state index contributed by atoms with van der Waals surface area (Å²) >= 11 is 0.985. The van der Waals surface area contributed by atoms with Gasteiger partial charge in [-0.3, -0.25) is 28.5 Å². The number of hydrogen-bond acceptors (Lipinski definition) is 8. The number of carbonyl (C=O) groups is 1. The molecule has 0 fully saturated rings. The summed E-state index contributed by atoms with van der Waals surface area (Å²) in [6.07, 6.45) is 0.588. The highest BCUT2D eigenvalue weighted by atomic mass is 32.2. The number of ether oxygens (including phenoxy) is 1. The van der Waals surface area contributed by atoms with Crippen molar-refractivity contribution in [1.29, 1.82) is 0 Å². The smallest absolute Gasteiger partial charge is 0.329 e. The van der Waals surface area contributed by atoms with E-state index in [4.69, 9.17) is 10.5 Å². The van der Waals surface area contributed by atoms with E-state index < -0.39 is 17.0 Å². The van der Waals surface area contributed by atoms with E-state index in [-0.39, 0.29) is 34.4 Å². The third-order valence-corrected chi connectivity index (χ3v) is 6.31. The van der Waals surface area contributed by atoms with E-state index in [2.05, 4.69) is 9.97 Å². The number of Topliss-reactive ketones (excluding diaryl/α,β-unsaturated/α-hetero) is 1. The molecule has 0 saturated heterocycles. The molecule has 0 spiro atoms. The summed E-state index contributed by atoms with van der Waals surface area (Å²) in [5.74, 6) is -0.558. The predicted octanol–water partition coefficient (Wildman–Crippen LogP) is 2.21. The van der Waals surface area contributed by atoms with Crippen molar-refractivity contribution in [2.24, 2.45) is 0 Å². The first-order valence-electron chi connectivity index (χ1n) is 10.8. The van der Waals surface area contributed by atoms with E-state index in [0.29, 0.717) is 28.8 Å². The number of anilines is 1. The molecular formula is C24H23N5O5S. The molecule has 2 heterocycles. The van der Waals surface area contributed by atoms with Gasteiger partial charge in [-0.2, -0.15) is 0 Å². The standard InChI is InChI=1S/C24H23N5O5S/c1-3-12-28-20(25)19(21(31)27-23(28)33)17(30)13-35-24-26-15-9-5-4-8-14(15)22(32)29(24)16-10-6-7-11-18(16)34-2/h4-11H,3,12-13,25H2,1-2H3,(H,27,31,33). The summed E-state index contributed by atoms with van der Waals surface area (Å²) < 4.78 is 7.98. The van der Waals surface area contributed by atoms with E-state index in [1.54, 1.807) is 48.5 Å². The second kappa shape index (κ2) is 10.0. The van der Waals surface area contributed by atoms with Crippen molar-refractivity contribution < 1.29 is 9.53 Å². The van der Waals surface area contributed by atoms with Crippen LogP contribution in [0, 0.1) is 0 Å². The third kappa shape index (κ3) is 4.50. The van der Waals surface area contributed by atoms with Gasteiger partial charge in [-0.15, -0.1) is 0 Å². The Balaban J connectivity index is 1.80. The van der Waals surface area contributed by atoms with Gasteiger partial charge in [-0.05, 0) is 30.7 Å². The minimum absolute atomic E-state index is 0.181. The predicted molar refractivity (Wildman–Crippen MR) is 135 cm³/mol. The van der Waals surface area contributed by atoms with E-state index in [0.717, 1.165) is 11.8 Å². The zero-order chi connectivity index (χ0) is 25.1. The fourth-order valence-corrected chi connectivity index (χ4v) is 4.62. The summed E-state index contributed by atoms with van der Waals surface area (Å²) in [7, 11) is 1.50. The summed E-state index contributed by atoms with van der Waals surface area (Å²) in [6.45, 7) is 2.10. The Labute approximate surface area is 203 Å². The summed E-state index contributed by atoms with van der Waals surface area (Å²) in [4.78, 5) is 57.8. The fourth-order valence-electron chi connectivity index (χ4n) is 3.74. The lowest BCUT2D eigenvalue weighted by Gasteiger charge is -2.16. The number of ketones is 1. The maximum absolute atomic E-state index is 13.5. The van der Waals surface area contributed by atoms with Crippen LogP contribution in [-0.2, 0) is 6.54 Å². The molecule has 2 aromatic carbocycles. The molecule has 35 heavy (non-hydrogen) atoms. The molecule has 10 nitrogen and oxygen atoms in total. The van der Waals surface area contributed by atoms with Gasteiger partial charge in [-0.25, -0.2) is 9.78 Å². The highest BCUT2D eigenvalue weighted by Crippen LogP contribution is 2.27. The van der Waals surface area contributed by atoms with E-state index in [9.17, 15) is 19.2 Å². The Hall–Kier alpha value is -4.12. The molecule has 0 unspecified atom stereocenters. The van der Waals surface area contributed by atoms with Crippen molar-refractivity contribution in [3.8, 4) is 11.4 Å². The van der Waals surface area contributed by atoms with Gasteiger partial charge in [0.1, 0.15) is 17.1 Å². The van der Waals surface area contributed by atoms with Crippen LogP contribution >= 0.6 is 11.8 Å². The van der Waals surface area contributed by atoms with E-state index in [1.165, 1.54) is 16.2 Å². The monoisotopic (exact) mass is 493 g/mol. The number of hydrogen-bond donors (Lipinski definition) is 2. The van der Waals surface area contributed by atoms with Crippen molar-refractivity contribution in [3.63, 3.8) is 0 Å². The van der Waals surface area contributed by atoms with Crippen LogP contribution in [0.2, 0.25) is 0 Å². The van der Waals surface area contributed by atoms with Crippen LogP contribution in [0.5, 0.6) is 5.75 Å². The van der Waals surface area contributed by atoms with Crippen molar-refractivity contribution in [3.05, 3.63) is 85.3 Å². The number of nitrogens with one attached hydrogen (secondary N) is 1. The molecule has 0 saturated carbocycles. The fraction of sp³-hybridized carbons (Fsp3) is 0.208.